The van der Waals surface area contributed by atoms with E-state index in [1.54, 1.807) is 23.4 Å². The Balaban J connectivity index is 2.97. The van der Waals surface area contributed by atoms with Gasteiger partial charge in [0.05, 0.1) is 31.3 Å². The Bertz CT molecular complexity index is 470. The number of carbonyl (C=O) groups is 1. The van der Waals surface area contributed by atoms with Crippen molar-refractivity contribution in [3.8, 4) is 5.75 Å². The first-order chi connectivity index (χ1) is 9.58. The van der Waals surface area contributed by atoms with Crippen LogP contribution in [0, 0.1) is 0 Å². The highest BCUT2D eigenvalue weighted by molar-refractivity contribution is 5.95. The molecule has 0 heterocycles. The highest BCUT2D eigenvalue weighted by Crippen LogP contribution is 2.25. The van der Waals surface area contributed by atoms with E-state index in [-0.39, 0.29) is 0 Å². The molecular weight excluding hydrogens is 256 g/mol. The number of nitrogens with zero attached hydrogens (tertiary/aromatic N) is 2. The summed E-state index contributed by atoms with van der Waals surface area (Å²) in [7, 11) is 5.08. The Morgan fingerprint density at radius 2 is 2.15 bits per heavy atom. The fourth-order valence-electron chi connectivity index (χ4n) is 1.50. The molecule has 0 aliphatic carbocycles. The van der Waals surface area contributed by atoms with E-state index in [1.807, 2.05) is 20.2 Å². The third-order valence-electron chi connectivity index (χ3n) is 2.57. The second-order valence-corrected chi connectivity index (χ2v) is 4.58. The largest absolute Gasteiger partial charge is 0.494 e. The van der Waals surface area contributed by atoms with Crippen molar-refractivity contribution in [3.63, 3.8) is 0 Å². The molecule has 0 spiro atoms. The summed E-state index contributed by atoms with van der Waals surface area (Å²) >= 11 is 0. The van der Waals surface area contributed by atoms with Crippen molar-refractivity contribution in [1.82, 2.24) is 4.90 Å². The van der Waals surface area contributed by atoms with Crippen LogP contribution in [0.5, 0.6) is 5.75 Å². The van der Waals surface area contributed by atoms with E-state index < -0.39 is 5.97 Å². The number of carbonyl (C=O) groups excluding carboxylic acids is 1. The van der Waals surface area contributed by atoms with Crippen molar-refractivity contribution < 1.29 is 14.3 Å². The molecule has 0 unspecified atom stereocenters. The minimum absolute atomic E-state index is 0.402. The maximum Gasteiger partial charge on any atom is 0.340 e. The maximum atomic E-state index is 11.8. The van der Waals surface area contributed by atoms with Gasteiger partial charge in [0.25, 0.3) is 0 Å². The molecule has 0 atom stereocenters. The monoisotopic (exact) mass is 278 g/mol. The predicted octanol–water partition coefficient (Wildman–Crippen LogP) is 2.87. The van der Waals surface area contributed by atoms with Crippen LogP contribution in [0.15, 0.2) is 23.2 Å². The summed E-state index contributed by atoms with van der Waals surface area (Å²) in [5.74, 6) is 0.236. The van der Waals surface area contributed by atoms with Crippen molar-refractivity contribution in [1.29, 1.82) is 0 Å². The Morgan fingerprint density at radius 3 is 2.75 bits per heavy atom. The van der Waals surface area contributed by atoms with Crippen molar-refractivity contribution in [2.45, 2.75) is 19.8 Å². The van der Waals surface area contributed by atoms with Crippen LogP contribution in [0.2, 0.25) is 0 Å². The van der Waals surface area contributed by atoms with E-state index in [0.29, 0.717) is 23.6 Å². The lowest BCUT2D eigenvalue weighted by atomic mass is 10.1. The minimum atomic E-state index is -0.420. The molecule has 0 N–H and O–H groups in total. The molecule has 0 bridgehead atoms. The highest BCUT2D eigenvalue weighted by Gasteiger charge is 2.12. The fraction of sp³-hybridized carbons (Fsp3) is 0.467. The molecule has 1 aromatic carbocycles. The van der Waals surface area contributed by atoms with Crippen molar-refractivity contribution >= 4 is 18.0 Å². The average Bonchev–Trinajstić information content (AvgIpc) is 2.45. The second-order valence-electron chi connectivity index (χ2n) is 4.58. The Hall–Kier alpha value is -2.04. The van der Waals surface area contributed by atoms with Gasteiger partial charge < -0.3 is 14.4 Å². The molecule has 1 rings (SSSR count). The molecule has 1 aromatic rings. The zero-order chi connectivity index (χ0) is 15.0. The van der Waals surface area contributed by atoms with Crippen molar-refractivity contribution in [2.24, 2.45) is 4.99 Å². The summed E-state index contributed by atoms with van der Waals surface area (Å²) in [6, 6.07) is 5.24. The number of methoxy groups -OCH3 is 1. The first-order valence-electron chi connectivity index (χ1n) is 6.64. The van der Waals surface area contributed by atoms with E-state index in [0.717, 1.165) is 12.8 Å². The SMILES string of the molecule is CCCCOc1ccc(N=CN(C)C)c(C(=O)OC)c1. The first kappa shape index (κ1) is 16.0. The molecule has 0 aliphatic heterocycles. The number of benzene rings is 1. The zero-order valence-corrected chi connectivity index (χ0v) is 12.5. The summed E-state index contributed by atoms with van der Waals surface area (Å²) in [6.07, 6.45) is 3.68. The van der Waals surface area contributed by atoms with E-state index in [1.165, 1.54) is 7.11 Å². The third kappa shape index (κ3) is 4.91. The predicted molar refractivity (Wildman–Crippen MR) is 80.0 cm³/mol. The van der Waals surface area contributed by atoms with Crippen LogP contribution in [0.1, 0.15) is 30.1 Å². The average molecular weight is 278 g/mol. The molecule has 0 fully saturated rings. The summed E-state index contributed by atoms with van der Waals surface area (Å²) in [5, 5.41) is 0. The molecule has 0 saturated carbocycles. The van der Waals surface area contributed by atoms with Gasteiger partial charge >= 0.3 is 5.97 Å². The number of ether oxygens (including phenoxy) is 2. The zero-order valence-electron chi connectivity index (χ0n) is 12.5. The molecule has 5 nitrogen and oxygen atoms in total. The second kappa shape index (κ2) is 8.19. The molecule has 20 heavy (non-hydrogen) atoms. The van der Waals surface area contributed by atoms with Gasteiger partial charge in [-0.3, -0.25) is 0 Å². The van der Waals surface area contributed by atoms with Crippen LogP contribution in [0.25, 0.3) is 0 Å². The van der Waals surface area contributed by atoms with Gasteiger partial charge in [0.2, 0.25) is 0 Å². The summed E-state index contributed by atoms with van der Waals surface area (Å²) < 4.78 is 10.4. The Morgan fingerprint density at radius 1 is 1.40 bits per heavy atom. The molecule has 0 radical (unpaired) electrons. The van der Waals surface area contributed by atoms with Crippen LogP contribution in [-0.4, -0.2) is 45.0 Å². The van der Waals surface area contributed by atoms with Crippen LogP contribution < -0.4 is 4.74 Å². The van der Waals surface area contributed by atoms with Gasteiger partial charge in [0.1, 0.15) is 5.75 Å². The summed E-state index contributed by atoms with van der Waals surface area (Å²) in [6.45, 7) is 2.74. The lowest BCUT2D eigenvalue weighted by molar-refractivity contribution is 0.0601. The lowest BCUT2D eigenvalue weighted by Gasteiger charge is -2.10. The van der Waals surface area contributed by atoms with Gasteiger partial charge in [-0.15, -0.1) is 0 Å². The van der Waals surface area contributed by atoms with Crippen LogP contribution in [0.3, 0.4) is 0 Å². The van der Waals surface area contributed by atoms with Gasteiger partial charge in [-0.1, -0.05) is 13.3 Å². The van der Waals surface area contributed by atoms with Crippen LogP contribution in [-0.2, 0) is 4.74 Å². The lowest BCUT2D eigenvalue weighted by Crippen LogP contribution is -2.08. The molecular formula is C15H22N2O3. The Labute approximate surface area is 120 Å². The quantitative estimate of drug-likeness (QED) is 0.333. The van der Waals surface area contributed by atoms with Crippen molar-refractivity contribution in [2.75, 3.05) is 27.8 Å². The van der Waals surface area contributed by atoms with Gasteiger partial charge in [-0.2, -0.15) is 0 Å². The number of hydrogen-bond donors (Lipinski definition) is 0. The van der Waals surface area contributed by atoms with E-state index in [2.05, 4.69) is 11.9 Å². The molecule has 0 aromatic heterocycles. The Kier molecular flexibility index (Phi) is 6.56. The molecule has 5 heteroatoms. The number of aliphatic imine (C=N–C) groups is 1. The number of hydrogen-bond acceptors (Lipinski definition) is 4. The molecule has 0 saturated heterocycles. The minimum Gasteiger partial charge on any atom is -0.494 e. The summed E-state index contributed by atoms with van der Waals surface area (Å²) in [5.41, 5.74) is 0.966. The molecule has 0 amide bonds. The smallest absolute Gasteiger partial charge is 0.340 e. The number of esters is 1. The third-order valence-corrected chi connectivity index (χ3v) is 2.57. The van der Waals surface area contributed by atoms with Crippen LogP contribution >= 0.6 is 0 Å². The van der Waals surface area contributed by atoms with Gasteiger partial charge in [0, 0.05) is 14.1 Å². The standard InChI is InChI=1S/C15H22N2O3/c1-5-6-9-20-12-7-8-14(16-11-17(2)3)13(10-12)15(18)19-4/h7-8,10-11H,5-6,9H2,1-4H3. The first-order valence-corrected chi connectivity index (χ1v) is 6.64. The van der Waals surface area contributed by atoms with Gasteiger partial charge in [0.15, 0.2) is 0 Å². The molecule has 0 aliphatic rings. The fourth-order valence-corrected chi connectivity index (χ4v) is 1.50. The van der Waals surface area contributed by atoms with E-state index in [4.69, 9.17) is 9.47 Å². The van der Waals surface area contributed by atoms with Gasteiger partial charge in [-0.05, 0) is 24.6 Å². The number of unbranched alkanes of at least 4 members (excludes halogenated alkanes) is 1. The van der Waals surface area contributed by atoms with Crippen molar-refractivity contribution in [3.05, 3.63) is 23.8 Å². The maximum absolute atomic E-state index is 11.8. The van der Waals surface area contributed by atoms with Gasteiger partial charge in [-0.25, -0.2) is 9.79 Å². The van der Waals surface area contributed by atoms with Crippen LogP contribution in [0.4, 0.5) is 5.69 Å². The topological polar surface area (TPSA) is 51.1 Å². The summed E-state index contributed by atoms with van der Waals surface area (Å²) in [4.78, 5) is 17.9. The number of rotatable bonds is 7. The highest BCUT2D eigenvalue weighted by atomic mass is 16.5. The van der Waals surface area contributed by atoms with E-state index >= 15 is 0 Å². The molecule has 110 valence electrons. The van der Waals surface area contributed by atoms with E-state index in [9.17, 15) is 4.79 Å². The normalized spacial score (nSPS) is 10.6.